The maximum Gasteiger partial charge on any atom is 0.303 e. The van der Waals surface area contributed by atoms with Crippen molar-refractivity contribution in [3.63, 3.8) is 0 Å². The number of thioether (sulfide) groups is 1. The Balaban J connectivity index is 1.93. The van der Waals surface area contributed by atoms with E-state index >= 15 is 0 Å². The SMILES string of the molecule is CC(C)C(SCc1ccccc1)C(=O)N1CCCC(CCC(=O)O)C1. The molecule has 0 bridgehead atoms. The van der Waals surface area contributed by atoms with Gasteiger partial charge < -0.3 is 10.0 Å². The summed E-state index contributed by atoms with van der Waals surface area (Å²) in [7, 11) is 0. The summed E-state index contributed by atoms with van der Waals surface area (Å²) in [4.78, 5) is 25.8. The number of amides is 1. The Bertz CT molecular complexity index is 561. The molecule has 138 valence electrons. The molecule has 1 aromatic rings. The molecular formula is C20H29NO3S. The van der Waals surface area contributed by atoms with Crippen molar-refractivity contribution >= 4 is 23.6 Å². The van der Waals surface area contributed by atoms with Crippen LogP contribution in [0, 0.1) is 11.8 Å². The lowest BCUT2D eigenvalue weighted by atomic mass is 9.93. The van der Waals surface area contributed by atoms with Gasteiger partial charge in [-0.3, -0.25) is 9.59 Å². The fourth-order valence-electron chi connectivity index (χ4n) is 3.32. The van der Waals surface area contributed by atoms with Gasteiger partial charge >= 0.3 is 5.97 Å². The third kappa shape index (κ3) is 6.38. The van der Waals surface area contributed by atoms with Gasteiger partial charge in [-0.15, -0.1) is 11.8 Å². The minimum Gasteiger partial charge on any atom is -0.481 e. The first-order chi connectivity index (χ1) is 12.0. The van der Waals surface area contributed by atoms with Gasteiger partial charge in [0, 0.05) is 25.3 Å². The Morgan fingerprint density at radius 2 is 2.00 bits per heavy atom. The van der Waals surface area contributed by atoms with Gasteiger partial charge in [-0.25, -0.2) is 0 Å². The van der Waals surface area contributed by atoms with Crippen LogP contribution in [0.4, 0.5) is 0 Å². The van der Waals surface area contributed by atoms with E-state index in [2.05, 4.69) is 26.0 Å². The summed E-state index contributed by atoms with van der Waals surface area (Å²) < 4.78 is 0. The van der Waals surface area contributed by atoms with E-state index in [0.717, 1.165) is 25.1 Å². The standard InChI is InChI=1S/C20H29NO3S/c1-15(2)19(25-14-17-7-4-3-5-8-17)20(24)21-12-6-9-16(13-21)10-11-18(22)23/h3-5,7-8,15-16,19H,6,9-14H2,1-2H3,(H,22,23). The molecule has 0 aromatic heterocycles. The van der Waals surface area contributed by atoms with Crippen LogP contribution in [0.1, 0.15) is 45.1 Å². The molecule has 1 aliphatic rings. The number of hydrogen-bond acceptors (Lipinski definition) is 3. The maximum absolute atomic E-state index is 13.0. The lowest BCUT2D eigenvalue weighted by molar-refractivity contribution is -0.137. The van der Waals surface area contributed by atoms with E-state index in [4.69, 9.17) is 5.11 Å². The summed E-state index contributed by atoms with van der Waals surface area (Å²) >= 11 is 1.72. The van der Waals surface area contributed by atoms with Crippen molar-refractivity contribution < 1.29 is 14.7 Å². The van der Waals surface area contributed by atoms with Crippen LogP contribution in [-0.4, -0.2) is 40.2 Å². The van der Waals surface area contributed by atoms with Crippen molar-refractivity contribution in [2.24, 2.45) is 11.8 Å². The molecule has 0 spiro atoms. The Kier molecular flexibility index (Phi) is 7.82. The number of carboxylic acid groups (broad SMARTS) is 1. The number of piperidine rings is 1. The van der Waals surface area contributed by atoms with Crippen molar-refractivity contribution in [2.75, 3.05) is 13.1 Å². The molecule has 5 heteroatoms. The monoisotopic (exact) mass is 363 g/mol. The minimum absolute atomic E-state index is 0.0431. The lowest BCUT2D eigenvalue weighted by Crippen LogP contribution is -2.45. The highest BCUT2D eigenvalue weighted by Gasteiger charge is 2.31. The number of carbonyl (C=O) groups is 2. The van der Waals surface area contributed by atoms with Crippen molar-refractivity contribution in [3.8, 4) is 0 Å². The molecule has 2 rings (SSSR count). The summed E-state index contributed by atoms with van der Waals surface area (Å²) in [6.45, 7) is 5.72. The topological polar surface area (TPSA) is 57.6 Å². The molecule has 0 saturated carbocycles. The zero-order valence-electron chi connectivity index (χ0n) is 15.2. The van der Waals surface area contributed by atoms with Crippen LogP contribution < -0.4 is 0 Å². The Labute approximate surface area is 155 Å². The zero-order valence-corrected chi connectivity index (χ0v) is 16.0. The van der Waals surface area contributed by atoms with Crippen molar-refractivity contribution in [1.29, 1.82) is 0 Å². The number of benzene rings is 1. The Morgan fingerprint density at radius 3 is 2.64 bits per heavy atom. The molecule has 1 heterocycles. The van der Waals surface area contributed by atoms with E-state index in [1.165, 1.54) is 5.56 Å². The van der Waals surface area contributed by atoms with Crippen molar-refractivity contribution in [2.45, 2.75) is 50.5 Å². The average Bonchev–Trinajstić information content (AvgIpc) is 2.61. The molecular weight excluding hydrogens is 334 g/mol. The Morgan fingerprint density at radius 1 is 1.28 bits per heavy atom. The number of carboxylic acids is 1. The van der Waals surface area contributed by atoms with Crippen LogP contribution in [0.15, 0.2) is 30.3 Å². The molecule has 1 N–H and O–H groups in total. The summed E-state index contributed by atoms with van der Waals surface area (Å²) in [6, 6.07) is 10.2. The van der Waals surface area contributed by atoms with Crippen LogP contribution >= 0.6 is 11.8 Å². The second kappa shape index (κ2) is 9.85. The second-order valence-electron chi connectivity index (χ2n) is 7.19. The summed E-state index contributed by atoms with van der Waals surface area (Å²) in [5.41, 5.74) is 1.24. The van der Waals surface area contributed by atoms with Gasteiger partial charge in [-0.2, -0.15) is 0 Å². The zero-order chi connectivity index (χ0) is 18.2. The first kappa shape index (κ1) is 19.8. The number of aliphatic carboxylic acids is 1. The quantitative estimate of drug-likeness (QED) is 0.757. The van der Waals surface area contributed by atoms with E-state index < -0.39 is 5.97 Å². The predicted molar refractivity (Wildman–Crippen MR) is 103 cm³/mol. The fraction of sp³-hybridized carbons (Fsp3) is 0.600. The van der Waals surface area contributed by atoms with Crippen molar-refractivity contribution in [1.82, 2.24) is 4.90 Å². The van der Waals surface area contributed by atoms with Gasteiger partial charge in [-0.05, 0) is 36.7 Å². The highest BCUT2D eigenvalue weighted by Crippen LogP contribution is 2.28. The van der Waals surface area contributed by atoms with Gasteiger partial charge in [0.25, 0.3) is 0 Å². The number of likely N-dealkylation sites (tertiary alicyclic amines) is 1. The lowest BCUT2D eigenvalue weighted by Gasteiger charge is -2.35. The summed E-state index contributed by atoms with van der Waals surface area (Å²) in [6.07, 6.45) is 2.87. The minimum atomic E-state index is -0.748. The second-order valence-corrected chi connectivity index (χ2v) is 8.32. The largest absolute Gasteiger partial charge is 0.481 e. The predicted octanol–water partition coefficient (Wildman–Crippen LogP) is 4.05. The number of nitrogens with zero attached hydrogens (tertiary/aromatic N) is 1. The number of carbonyl (C=O) groups excluding carboxylic acids is 1. The molecule has 0 radical (unpaired) electrons. The van der Waals surface area contributed by atoms with E-state index in [0.29, 0.717) is 18.9 Å². The van der Waals surface area contributed by atoms with Crippen LogP contribution in [0.2, 0.25) is 0 Å². The van der Waals surface area contributed by atoms with Crippen LogP contribution in [0.5, 0.6) is 0 Å². The van der Waals surface area contributed by atoms with Crippen LogP contribution in [-0.2, 0) is 15.3 Å². The van der Waals surface area contributed by atoms with Crippen LogP contribution in [0.3, 0.4) is 0 Å². The molecule has 2 unspecified atom stereocenters. The Hall–Kier alpha value is -1.49. The van der Waals surface area contributed by atoms with Crippen molar-refractivity contribution in [3.05, 3.63) is 35.9 Å². The third-order valence-corrected chi connectivity index (χ3v) is 6.32. The van der Waals surface area contributed by atoms with Gasteiger partial charge in [0.2, 0.25) is 5.91 Å². The molecule has 1 saturated heterocycles. The molecule has 4 nitrogen and oxygen atoms in total. The molecule has 25 heavy (non-hydrogen) atoms. The first-order valence-electron chi connectivity index (χ1n) is 9.13. The molecule has 1 fully saturated rings. The molecule has 0 aliphatic carbocycles. The van der Waals surface area contributed by atoms with Gasteiger partial charge in [0.15, 0.2) is 0 Å². The van der Waals surface area contributed by atoms with Gasteiger partial charge in [-0.1, -0.05) is 44.2 Å². The summed E-state index contributed by atoms with van der Waals surface area (Å²) in [5, 5.41) is 8.83. The summed E-state index contributed by atoms with van der Waals surface area (Å²) in [5.74, 6) is 0.908. The molecule has 1 aliphatic heterocycles. The molecule has 1 aromatic carbocycles. The van der Waals surface area contributed by atoms with E-state index in [1.807, 2.05) is 23.1 Å². The first-order valence-corrected chi connectivity index (χ1v) is 10.2. The highest BCUT2D eigenvalue weighted by molar-refractivity contribution is 7.99. The smallest absolute Gasteiger partial charge is 0.303 e. The van der Waals surface area contributed by atoms with Gasteiger partial charge in [0.1, 0.15) is 0 Å². The number of hydrogen-bond donors (Lipinski definition) is 1. The highest BCUT2D eigenvalue weighted by atomic mass is 32.2. The van der Waals surface area contributed by atoms with E-state index in [-0.39, 0.29) is 23.5 Å². The van der Waals surface area contributed by atoms with Crippen LogP contribution in [0.25, 0.3) is 0 Å². The average molecular weight is 364 g/mol. The molecule has 2 atom stereocenters. The molecule has 1 amide bonds. The van der Waals surface area contributed by atoms with E-state index in [1.54, 1.807) is 11.8 Å². The third-order valence-electron chi connectivity index (χ3n) is 4.72. The fourth-order valence-corrected chi connectivity index (χ4v) is 4.56. The number of rotatable bonds is 8. The maximum atomic E-state index is 13.0. The van der Waals surface area contributed by atoms with E-state index in [9.17, 15) is 9.59 Å². The normalized spacial score (nSPS) is 19.0. The van der Waals surface area contributed by atoms with Gasteiger partial charge in [0.05, 0.1) is 5.25 Å².